The first-order valence-corrected chi connectivity index (χ1v) is 7.65. The van der Waals surface area contributed by atoms with E-state index in [1.807, 2.05) is 30.3 Å². The van der Waals surface area contributed by atoms with Gasteiger partial charge in [-0.15, -0.1) is 0 Å². The summed E-state index contributed by atoms with van der Waals surface area (Å²) in [5, 5.41) is 0. The monoisotopic (exact) mass is 306 g/mol. The van der Waals surface area contributed by atoms with Crippen molar-refractivity contribution in [1.82, 2.24) is 0 Å². The van der Waals surface area contributed by atoms with Crippen molar-refractivity contribution >= 4 is 5.97 Å². The van der Waals surface area contributed by atoms with Gasteiger partial charge in [0.25, 0.3) is 0 Å². The molecule has 3 aliphatic heterocycles. The number of rotatable bonds is 3. The van der Waals surface area contributed by atoms with Crippen LogP contribution in [-0.2, 0) is 28.5 Å². The fourth-order valence-electron chi connectivity index (χ4n) is 2.94. The topological polar surface area (TPSA) is 63.2 Å². The minimum Gasteiger partial charge on any atom is -0.431 e. The lowest BCUT2D eigenvalue weighted by Crippen LogP contribution is -2.35. The Morgan fingerprint density at radius 1 is 1.09 bits per heavy atom. The van der Waals surface area contributed by atoms with Crippen molar-refractivity contribution in [1.29, 1.82) is 0 Å². The molecule has 0 spiro atoms. The van der Waals surface area contributed by atoms with E-state index in [2.05, 4.69) is 0 Å². The van der Waals surface area contributed by atoms with Crippen molar-refractivity contribution in [2.75, 3.05) is 6.61 Å². The second-order valence-electron chi connectivity index (χ2n) is 5.64. The summed E-state index contributed by atoms with van der Waals surface area (Å²) in [7, 11) is 0. The van der Waals surface area contributed by atoms with Gasteiger partial charge in [0.1, 0.15) is 0 Å². The average molecular weight is 306 g/mol. The van der Waals surface area contributed by atoms with E-state index in [9.17, 15) is 4.79 Å². The van der Waals surface area contributed by atoms with Crippen LogP contribution in [0.2, 0.25) is 0 Å². The van der Waals surface area contributed by atoms with Crippen LogP contribution in [0.3, 0.4) is 0 Å². The molecule has 0 aromatic heterocycles. The lowest BCUT2D eigenvalue weighted by Gasteiger charge is -2.26. The number of hydrogen-bond acceptors (Lipinski definition) is 6. The van der Waals surface area contributed by atoms with E-state index in [-0.39, 0.29) is 6.29 Å². The minimum absolute atomic E-state index is 0.343. The Bertz CT molecular complexity index is 527. The maximum Gasteiger partial charge on any atom is 0.340 e. The van der Waals surface area contributed by atoms with Gasteiger partial charge in [0.05, 0.1) is 0 Å². The molecule has 1 aromatic carbocycles. The molecule has 0 aliphatic carbocycles. The first-order valence-electron chi connectivity index (χ1n) is 7.65. The Kier molecular flexibility index (Phi) is 3.83. The van der Waals surface area contributed by atoms with Crippen molar-refractivity contribution in [3.8, 4) is 0 Å². The number of ether oxygens (including phenoxy) is 5. The van der Waals surface area contributed by atoms with Crippen molar-refractivity contribution in [2.45, 2.75) is 50.3 Å². The van der Waals surface area contributed by atoms with Gasteiger partial charge in [-0.2, -0.15) is 0 Å². The van der Waals surface area contributed by atoms with E-state index >= 15 is 0 Å². The Morgan fingerprint density at radius 3 is 2.73 bits per heavy atom. The van der Waals surface area contributed by atoms with Crippen LogP contribution in [0, 0.1) is 0 Å². The van der Waals surface area contributed by atoms with Gasteiger partial charge in [-0.1, -0.05) is 30.3 Å². The summed E-state index contributed by atoms with van der Waals surface area (Å²) < 4.78 is 28.0. The molecule has 3 fully saturated rings. The molecule has 0 radical (unpaired) electrons. The van der Waals surface area contributed by atoms with E-state index in [0.717, 1.165) is 24.8 Å². The number of esters is 1. The first-order chi connectivity index (χ1) is 10.8. The summed E-state index contributed by atoms with van der Waals surface area (Å²) in [6.45, 7) is 0.670. The highest BCUT2D eigenvalue weighted by molar-refractivity contribution is 5.78. The molecule has 118 valence electrons. The number of fused-ring (bicyclic) bond motifs is 1. The van der Waals surface area contributed by atoms with Crippen LogP contribution in [-0.4, -0.2) is 37.4 Å². The molecule has 5 atom stereocenters. The quantitative estimate of drug-likeness (QED) is 0.795. The number of hydrogen-bond donors (Lipinski definition) is 0. The molecule has 22 heavy (non-hydrogen) atoms. The third-order valence-electron chi connectivity index (χ3n) is 4.08. The Morgan fingerprint density at radius 2 is 1.95 bits per heavy atom. The van der Waals surface area contributed by atoms with Crippen LogP contribution in [0.15, 0.2) is 30.3 Å². The lowest BCUT2D eigenvalue weighted by molar-refractivity contribution is -0.265. The summed E-state index contributed by atoms with van der Waals surface area (Å²) in [5.74, 6) is -0.441. The molecule has 0 saturated carbocycles. The van der Waals surface area contributed by atoms with Crippen LogP contribution >= 0.6 is 0 Å². The van der Waals surface area contributed by atoms with Crippen LogP contribution in [0.4, 0.5) is 0 Å². The highest BCUT2D eigenvalue weighted by Gasteiger charge is 2.55. The van der Waals surface area contributed by atoms with Crippen molar-refractivity contribution in [3.63, 3.8) is 0 Å². The highest BCUT2D eigenvalue weighted by Crippen LogP contribution is 2.38. The zero-order chi connectivity index (χ0) is 14.9. The Balaban J connectivity index is 1.44. The molecule has 2 unspecified atom stereocenters. The van der Waals surface area contributed by atoms with Crippen molar-refractivity contribution < 1.29 is 28.5 Å². The van der Waals surface area contributed by atoms with E-state index < -0.39 is 30.8 Å². The van der Waals surface area contributed by atoms with E-state index in [0.29, 0.717) is 6.61 Å². The van der Waals surface area contributed by atoms with Crippen molar-refractivity contribution in [3.05, 3.63) is 35.9 Å². The second-order valence-corrected chi connectivity index (χ2v) is 5.64. The third kappa shape index (κ3) is 2.63. The largest absolute Gasteiger partial charge is 0.431 e. The van der Waals surface area contributed by atoms with Gasteiger partial charge >= 0.3 is 5.97 Å². The summed E-state index contributed by atoms with van der Waals surface area (Å²) in [6, 6.07) is 9.52. The molecule has 0 bridgehead atoms. The maximum absolute atomic E-state index is 11.9. The zero-order valence-electron chi connectivity index (χ0n) is 12.1. The number of benzene rings is 1. The molecule has 3 heterocycles. The van der Waals surface area contributed by atoms with Gasteiger partial charge in [-0.3, -0.25) is 0 Å². The average Bonchev–Trinajstić information content (AvgIpc) is 3.11. The summed E-state index contributed by atoms with van der Waals surface area (Å²) in [4.78, 5) is 11.9. The predicted molar refractivity (Wildman–Crippen MR) is 73.5 cm³/mol. The van der Waals surface area contributed by atoms with Crippen molar-refractivity contribution in [2.24, 2.45) is 0 Å². The van der Waals surface area contributed by atoms with Gasteiger partial charge in [0.2, 0.25) is 6.29 Å². The van der Waals surface area contributed by atoms with Crippen LogP contribution in [0.5, 0.6) is 0 Å². The second kappa shape index (κ2) is 5.96. The normalized spacial score (nSPS) is 37.8. The fourth-order valence-corrected chi connectivity index (χ4v) is 2.94. The smallest absolute Gasteiger partial charge is 0.340 e. The summed E-state index contributed by atoms with van der Waals surface area (Å²) in [5.41, 5.74) is 0.873. The molecular formula is C16H18O6. The fraction of sp³-hybridized carbons (Fsp3) is 0.562. The first kappa shape index (κ1) is 14.1. The molecule has 6 heteroatoms. The predicted octanol–water partition coefficient (Wildman–Crippen LogP) is 1.90. The minimum atomic E-state index is -0.769. The zero-order valence-corrected chi connectivity index (χ0v) is 12.1. The highest BCUT2D eigenvalue weighted by atomic mass is 16.8. The standard InChI is InChI=1S/C16H18O6/c17-14-12-13(16(22-14)19-11-8-4-5-9-18-11)21-15(20-12)10-6-2-1-3-7-10/h1-3,6-7,11-13,15-16H,4-5,8-9H2/t11?,12-,13+,15+,16?/m1/s1. The maximum atomic E-state index is 11.9. The van der Waals surface area contributed by atoms with Crippen LogP contribution in [0.25, 0.3) is 0 Å². The van der Waals surface area contributed by atoms with E-state index in [4.69, 9.17) is 23.7 Å². The molecule has 4 rings (SSSR count). The van der Waals surface area contributed by atoms with E-state index in [1.165, 1.54) is 0 Å². The van der Waals surface area contributed by atoms with Gasteiger partial charge < -0.3 is 23.7 Å². The number of cyclic esters (lactones) is 1. The summed E-state index contributed by atoms with van der Waals surface area (Å²) >= 11 is 0. The Hall–Kier alpha value is -1.47. The van der Waals surface area contributed by atoms with Crippen LogP contribution < -0.4 is 0 Å². The molecule has 3 saturated heterocycles. The van der Waals surface area contributed by atoms with Gasteiger partial charge in [0.15, 0.2) is 24.8 Å². The lowest BCUT2D eigenvalue weighted by atomic mass is 10.2. The van der Waals surface area contributed by atoms with E-state index in [1.54, 1.807) is 0 Å². The summed E-state index contributed by atoms with van der Waals surface area (Å²) in [6.07, 6.45) is -0.0902. The molecule has 6 nitrogen and oxygen atoms in total. The van der Waals surface area contributed by atoms with Gasteiger partial charge in [-0.25, -0.2) is 4.79 Å². The van der Waals surface area contributed by atoms with Gasteiger partial charge in [-0.05, 0) is 19.3 Å². The molecule has 0 N–H and O–H groups in total. The van der Waals surface area contributed by atoms with Crippen LogP contribution in [0.1, 0.15) is 31.1 Å². The molecular weight excluding hydrogens is 288 g/mol. The molecule has 0 amide bonds. The SMILES string of the molecule is O=C1OC(OC2CCCCO2)[C@H]2O[C@@H](c3ccccc3)O[C@@H]12. The molecule has 3 aliphatic rings. The van der Waals surface area contributed by atoms with Gasteiger partial charge in [0, 0.05) is 12.2 Å². The number of carbonyl (C=O) groups excluding carboxylic acids is 1. The Labute approximate surface area is 128 Å². The molecule has 1 aromatic rings. The number of carbonyl (C=O) groups is 1. The third-order valence-corrected chi connectivity index (χ3v) is 4.08.